The molecule has 288 valence electrons. The van der Waals surface area contributed by atoms with Crippen molar-refractivity contribution >= 4 is 17.9 Å². The minimum absolute atomic E-state index is 0.0699. The van der Waals surface area contributed by atoms with E-state index in [1.165, 1.54) is 122 Å². The molecule has 0 radical (unpaired) electrons. The van der Waals surface area contributed by atoms with Gasteiger partial charge in [-0.25, -0.2) is 0 Å². The smallest absolute Gasteiger partial charge is 0.306 e. The van der Waals surface area contributed by atoms with E-state index in [0.717, 1.165) is 64.2 Å². The van der Waals surface area contributed by atoms with Crippen molar-refractivity contribution in [3.63, 3.8) is 0 Å². The summed E-state index contributed by atoms with van der Waals surface area (Å²) in [6, 6.07) is 0. The summed E-state index contributed by atoms with van der Waals surface area (Å²) in [5, 5.41) is 0. The zero-order valence-corrected chi connectivity index (χ0v) is 32.7. The second-order valence-corrected chi connectivity index (χ2v) is 14.3. The minimum Gasteiger partial charge on any atom is -0.462 e. The molecule has 49 heavy (non-hydrogen) atoms. The van der Waals surface area contributed by atoms with Crippen molar-refractivity contribution in [2.45, 2.75) is 232 Å². The molecule has 0 aromatic carbocycles. The first-order valence-corrected chi connectivity index (χ1v) is 21.2. The average molecular weight is 693 g/mol. The molecule has 0 aromatic heterocycles. The molecule has 0 aliphatic carbocycles. The first kappa shape index (κ1) is 47.1. The van der Waals surface area contributed by atoms with E-state index in [4.69, 9.17) is 14.2 Å². The maximum Gasteiger partial charge on any atom is 0.306 e. The SMILES string of the molecule is CCCCCCCC/C=C\CCCCCCCC(=O)OCC(COC(=O)CCCCCCCCC)OC(=O)CCCCCCCCCCC. The Morgan fingerprint density at radius 2 is 0.673 bits per heavy atom. The number of ether oxygens (including phenoxy) is 3. The molecule has 0 rings (SSSR count). The molecule has 0 aliphatic rings. The molecule has 6 nitrogen and oxygen atoms in total. The van der Waals surface area contributed by atoms with Crippen molar-refractivity contribution in [2.24, 2.45) is 0 Å². The van der Waals surface area contributed by atoms with Gasteiger partial charge in [-0.1, -0.05) is 174 Å². The molecule has 0 saturated heterocycles. The minimum atomic E-state index is -0.762. The van der Waals surface area contributed by atoms with Crippen LogP contribution in [0.15, 0.2) is 12.2 Å². The van der Waals surface area contributed by atoms with Crippen molar-refractivity contribution in [1.82, 2.24) is 0 Å². The molecule has 0 aromatic rings. The van der Waals surface area contributed by atoms with Crippen LogP contribution in [0.25, 0.3) is 0 Å². The number of rotatable bonds is 38. The second kappa shape index (κ2) is 38.9. The maximum atomic E-state index is 12.6. The topological polar surface area (TPSA) is 78.9 Å². The van der Waals surface area contributed by atoms with E-state index in [0.29, 0.717) is 19.3 Å². The number of carbonyl (C=O) groups is 3. The van der Waals surface area contributed by atoms with Crippen LogP contribution in [0.1, 0.15) is 226 Å². The Hall–Kier alpha value is -1.85. The van der Waals surface area contributed by atoms with Crippen molar-refractivity contribution < 1.29 is 28.6 Å². The summed E-state index contributed by atoms with van der Waals surface area (Å²) in [6.45, 7) is 6.56. The normalized spacial score (nSPS) is 12.0. The van der Waals surface area contributed by atoms with Gasteiger partial charge in [-0.05, 0) is 44.9 Å². The first-order valence-electron chi connectivity index (χ1n) is 21.2. The quantitative estimate of drug-likeness (QED) is 0.0277. The monoisotopic (exact) mass is 693 g/mol. The highest BCUT2D eigenvalue weighted by molar-refractivity contribution is 5.71. The molecule has 0 N–H and O–H groups in total. The fraction of sp³-hybridized carbons (Fsp3) is 0.884. The molecule has 6 heteroatoms. The Balaban J connectivity index is 4.27. The lowest BCUT2D eigenvalue weighted by atomic mass is 10.1. The Morgan fingerprint density at radius 1 is 0.388 bits per heavy atom. The highest BCUT2D eigenvalue weighted by atomic mass is 16.6. The largest absolute Gasteiger partial charge is 0.462 e. The van der Waals surface area contributed by atoms with Gasteiger partial charge in [0.1, 0.15) is 13.2 Å². The molecule has 1 atom stereocenters. The first-order chi connectivity index (χ1) is 24.0. The van der Waals surface area contributed by atoms with Crippen LogP contribution in [0, 0.1) is 0 Å². The average Bonchev–Trinajstić information content (AvgIpc) is 3.10. The van der Waals surface area contributed by atoms with Gasteiger partial charge >= 0.3 is 17.9 Å². The van der Waals surface area contributed by atoms with Crippen molar-refractivity contribution in [3.8, 4) is 0 Å². The van der Waals surface area contributed by atoms with E-state index < -0.39 is 6.10 Å². The molecule has 0 amide bonds. The predicted molar refractivity (Wildman–Crippen MR) is 206 cm³/mol. The molecule has 0 fully saturated rings. The zero-order chi connectivity index (χ0) is 35.9. The van der Waals surface area contributed by atoms with Crippen LogP contribution in [-0.2, 0) is 28.6 Å². The predicted octanol–water partition coefficient (Wildman–Crippen LogP) is 13.1. The fourth-order valence-electron chi connectivity index (χ4n) is 6.02. The van der Waals surface area contributed by atoms with Gasteiger partial charge in [-0.3, -0.25) is 14.4 Å². The zero-order valence-electron chi connectivity index (χ0n) is 32.7. The van der Waals surface area contributed by atoms with E-state index in [9.17, 15) is 14.4 Å². The van der Waals surface area contributed by atoms with E-state index >= 15 is 0 Å². The Morgan fingerprint density at radius 3 is 1.02 bits per heavy atom. The van der Waals surface area contributed by atoms with Gasteiger partial charge < -0.3 is 14.2 Å². The molecule has 0 aliphatic heterocycles. The summed E-state index contributed by atoms with van der Waals surface area (Å²) in [4.78, 5) is 37.4. The molecule has 0 bridgehead atoms. The number of carbonyl (C=O) groups excluding carboxylic acids is 3. The fourth-order valence-corrected chi connectivity index (χ4v) is 6.02. The van der Waals surface area contributed by atoms with Crippen LogP contribution in [-0.4, -0.2) is 37.2 Å². The molecule has 0 spiro atoms. The third-order valence-electron chi connectivity index (χ3n) is 9.27. The van der Waals surface area contributed by atoms with Crippen molar-refractivity contribution in [1.29, 1.82) is 0 Å². The van der Waals surface area contributed by atoms with E-state index in [2.05, 4.69) is 32.9 Å². The van der Waals surface area contributed by atoms with E-state index in [1.54, 1.807) is 0 Å². The number of hydrogen-bond acceptors (Lipinski definition) is 6. The van der Waals surface area contributed by atoms with E-state index in [-0.39, 0.29) is 31.1 Å². The van der Waals surface area contributed by atoms with Crippen molar-refractivity contribution in [2.75, 3.05) is 13.2 Å². The number of esters is 3. The standard InChI is InChI=1S/C43H80O6/c1-4-7-10-13-16-18-19-20-21-22-23-25-27-30-33-36-42(45)48-39-40(38-47-41(44)35-32-29-26-15-12-9-6-3)49-43(46)37-34-31-28-24-17-14-11-8-5-2/h20-21,40H,4-19,22-39H2,1-3H3/b21-20-. The summed E-state index contributed by atoms with van der Waals surface area (Å²) >= 11 is 0. The van der Waals surface area contributed by atoms with Crippen molar-refractivity contribution in [3.05, 3.63) is 12.2 Å². The van der Waals surface area contributed by atoms with Gasteiger partial charge in [0.05, 0.1) is 0 Å². The van der Waals surface area contributed by atoms with Crippen LogP contribution in [0.2, 0.25) is 0 Å². The Bertz CT molecular complexity index is 763. The van der Waals surface area contributed by atoms with Crippen LogP contribution >= 0.6 is 0 Å². The Labute approximate surface area is 303 Å². The lowest BCUT2D eigenvalue weighted by Gasteiger charge is -2.18. The van der Waals surface area contributed by atoms with Crippen LogP contribution in [0.3, 0.4) is 0 Å². The lowest BCUT2D eigenvalue weighted by Crippen LogP contribution is -2.30. The summed E-state index contributed by atoms with van der Waals surface area (Å²) in [6.07, 6.45) is 39.2. The summed E-state index contributed by atoms with van der Waals surface area (Å²) in [5.41, 5.74) is 0. The van der Waals surface area contributed by atoms with Gasteiger partial charge in [0.2, 0.25) is 0 Å². The van der Waals surface area contributed by atoms with Gasteiger partial charge in [0, 0.05) is 19.3 Å². The van der Waals surface area contributed by atoms with Crippen LogP contribution in [0.4, 0.5) is 0 Å². The van der Waals surface area contributed by atoms with Gasteiger partial charge in [-0.2, -0.15) is 0 Å². The maximum absolute atomic E-state index is 12.6. The lowest BCUT2D eigenvalue weighted by molar-refractivity contribution is -0.167. The third kappa shape index (κ3) is 37.2. The highest BCUT2D eigenvalue weighted by Gasteiger charge is 2.19. The summed E-state index contributed by atoms with van der Waals surface area (Å²) in [5.74, 6) is -0.885. The molecular weight excluding hydrogens is 612 g/mol. The molecule has 0 saturated carbocycles. The molecule has 0 heterocycles. The summed E-state index contributed by atoms with van der Waals surface area (Å²) < 4.78 is 16.6. The van der Waals surface area contributed by atoms with Crippen LogP contribution < -0.4 is 0 Å². The highest BCUT2D eigenvalue weighted by Crippen LogP contribution is 2.14. The number of unbranched alkanes of at least 4 members (excludes halogenated alkanes) is 25. The number of hydrogen-bond donors (Lipinski definition) is 0. The van der Waals surface area contributed by atoms with Gasteiger partial charge in [0.25, 0.3) is 0 Å². The third-order valence-corrected chi connectivity index (χ3v) is 9.27. The van der Waals surface area contributed by atoms with E-state index in [1.807, 2.05) is 0 Å². The second-order valence-electron chi connectivity index (χ2n) is 14.3. The molecular formula is C43H80O6. The van der Waals surface area contributed by atoms with Gasteiger partial charge in [-0.15, -0.1) is 0 Å². The Kier molecular flexibility index (Phi) is 37.5. The summed E-state index contributed by atoms with van der Waals surface area (Å²) in [7, 11) is 0. The van der Waals surface area contributed by atoms with Gasteiger partial charge in [0.15, 0.2) is 6.10 Å². The molecule has 1 unspecified atom stereocenters. The van der Waals surface area contributed by atoms with Crippen LogP contribution in [0.5, 0.6) is 0 Å². The number of allylic oxidation sites excluding steroid dienone is 2.